The van der Waals surface area contributed by atoms with Crippen LogP contribution in [0.1, 0.15) is 0 Å². The van der Waals surface area contributed by atoms with Crippen LogP contribution >= 0.6 is 0 Å². The highest BCUT2D eigenvalue weighted by Crippen LogP contribution is 2.23. The summed E-state index contributed by atoms with van der Waals surface area (Å²) in [4.78, 5) is 12.1. The lowest BCUT2D eigenvalue weighted by molar-refractivity contribution is 0.415. The first-order valence-electron chi connectivity index (χ1n) is 6.62. The van der Waals surface area contributed by atoms with Crippen LogP contribution in [0.25, 0.3) is 22.5 Å². The predicted molar refractivity (Wildman–Crippen MR) is 82.4 cm³/mol. The van der Waals surface area contributed by atoms with Crippen molar-refractivity contribution in [2.24, 2.45) is 0 Å². The van der Waals surface area contributed by atoms with Crippen LogP contribution in [0.15, 0.2) is 75.9 Å². The summed E-state index contributed by atoms with van der Waals surface area (Å²) >= 11 is 0. The van der Waals surface area contributed by atoms with Crippen LogP contribution in [0.4, 0.5) is 0 Å². The van der Waals surface area contributed by atoms with Gasteiger partial charge in [0.1, 0.15) is 11.5 Å². The van der Waals surface area contributed by atoms with Gasteiger partial charge in [-0.1, -0.05) is 30.3 Å². The zero-order valence-corrected chi connectivity index (χ0v) is 11.6. The fraction of sp³-hybridized carbons (Fsp3) is 0.0556. The van der Waals surface area contributed by atoms with Crippen LogP contribution in [0.3, 0.4) is 0 Å². The molecule has 0 saturated heterocycles. The predicted octanol–water partition coefficient (Wildman–Crippen LogP) is 3.98. The van der Waals surface area contributed by atoms with E-state index < -0.39 is 0 Å². The van der Waals surface area contributed by atoms with Gasteiger partial charge >= 0.3 is 5.63 Å². The molecule has 3 nitrogen and oxygen atoms in total. The summed E-state index contributed by atoms with van der Waals surface area (Å²) < 4.78 is 10.5. The van der Waals surface area contributed by atoms with Gasteiger partial charge in [0.15, 0.2) is 0 Å². The Morgan fingerprint density at radius 2 is 1.52 bits per heavy atom. The molecule has 3 aromatic rings. The summed E-state index contributed by atoms with van der Waals surface area (Å²) in [6.45, 7) is 0. The SMILES string of the molecule is COc1ccc(-c2ccc(-c3ccccc3)c(=O)o2)cc1. The van der Waals surface area contributed by atoms with Crippen molar-refractivity contribution >= 4 is 0 Å². The van der Waals surface area contributed by atoms with Gasteiger partial charge in [0.2, 0.25) is 0 Å². The zero-order valence-electron chi connectivity index (χ0n) is 11.6. The minimum absolute atomic E-state index is 0.338. The average Bonchev–Trinajstić information content (AvgIpc) is 2.55. The minimum Gasteiger partial charge on any atom is -0.497 e. The van der Waals surface area contributed by atoms with Gasteiger partial charge < -0.3 is 9.15 Å². The van der Waals surface area contributed by atoms with Crippen molar-refractivity contribution in [2.45, 2.75) is 0 Å². The molecule has 3 heteroatoms. The highest BCUT2D eigenvalue weighted by atomic mass is 16.5. The maximum Gasteiger partial charge on any atom is 0.344 e. The Balaban J connectivity index is 1.99. The second-order valence-electron chi connectivity index (χ2n) is 4.60. The Labute approximate surface area is 122 Å². The fourth-order valence-corrected chi connectivity index (χ4v) is 2.16. The summed E-state index contributed by atoms with van der Waals surface area (Å²) in [5.41, 5.74) is 1.92. The number of hydrogen-bond donors (Lipinski definition) is 0. The van der Waals surface area contributed by atoms with E-state index >= 15 is 0 Å². The number of rotatable bonds is 3. The molecule has 0 aliphatic heterocycles. The number of benzene rings is 2. The lowest BCUT2D eigenvalue weighted by Crippen LogP contribution is -2.02. The van der Waals surface area contributed by atoms with Crippen LogP contribution < -0.4 is 10.4 Å². The molecule has 0 amide bonds. The van der Waals surface area contributed by atoms with E-state index in [-0.39, 0.29) is 5.63 Å². The quantitative estimate of drug-likeness (QED) is 0.727. The molecule has 0 spiro atoms. The molecule has 0 aliphatic carbocycles. The van der Waals surface area contributed by atoms with E-state index in [9.17, 15) is 4.79 Å². The second kappa shape index (κ2) is 5.67. The van der Waals surface area contributed by atoms with E-state index in [0.29, 0.717) is 11.3 Å². The molecule has 0 fully saturated rings. The van der Waals surface area contributed by atoms with Crippen molar-refractivity contribution in [1.29, 1.82) is 0 Å². The second-order valence-corrected chi connectivity index (χ2v) is 4.60. The van der Waals surface area contributed by atoms with Gasteiger partial charge in [0.25, 0.3) is 0 Å². The van der Waals surface area contributed by atoms with Crippen molar-refractivity contribution in [2.75, 3.05) is 7.11 Å². The third-order valence-electron chi connectivity index (χ3n) is 3.28. The molecule has 0 radical (unpaired) electrons. The first-order valence-corrected chi connectivity index (χ1v) is 6.62. The largest absolute Gasteiger partial charge is 0.497 e. The third-order valence-corrected chi connectivity index (χ3v) is 3.28. The third kappa shape index (κ3) is 2.72. The average molecular weight is 278 g/mol. The van der Waals surface area contributed by atoms with E-state index in [2.05, 4.69) is 0 Å². The molecule has 3 rings (SSSR count). The number of hydrogen-bond acceptors (Lipinski definition) is 3. The van der Waals surface area contributed by atoms with Gasteiger partial charge in [0, 0.05) is 5.56 Å². The Kier molecular flexibility index (Phi) is 3.56. The van der Waals surface area contributed by atoms with Crippen LogP contribution in [-0.2, 0) is 0 Å². The highest BCUT2D eigenvalue weighted by molar-refractivity contribution is 5.65. The number of ether oxygens (including phenoxy) is 1. The topological polar surface area (TPSA) is 39.4 Å². The molecule has 0 saturated carbocycles. The van der Waals surface area contributed by atoms with E-state index in [1.54, 1.807) is 13.2 Å². The van der Waals surface area contributed by atoms with Gasteiger partial charge in [-0.15, -0.1) is 0 Å². The molecule has 0 N–H and O–H groups in total. The fourth-order valence-electron chi connectivity index (χ4n) is 2.16. The lowest BCUT2D eigenvalue weighted by atomic mass is 10.1. The van der Waals surface area contributed by atoms with Crippen molar-refractivity contribution < 1.29 is 9.15 Å². The monoisotopic (exact) mass is 278 g/mol. The molecular formula is C18H14O3. The van der Waals surface area contributed by atoms with Crippen molar-refractivity contribution in [1.82, 2.24) is 0 Å². The van der Waals surface area contributed by atoms with Crippen LogP contribution in [0, 0.1) is 0 Å². The molecule has 0 aliphatic rings. The van der Waals surface area contributed by atoms with Crippen LogP contribution in [0.5, 0.6) is 5.75 Å². The van der Waals surface area contributed by atoms with Crippen molar-refractivity contribution in [3.8, 4) is 28.2 Å². The maximum atomic E-state index is 12.1. The molecule has 1 heterocycles. The molecule has 0 atom stereocenters. The van der Waals surface area contributed by atoms with Gasteiger partial charge in [-0.3, -0.25) is 0 Å². The Hall–Kier alpha value is -2.81. The molecule has 2 aromatic carbocycles. The molecule has 1 aromatic heterocycles. The Morgan fingerprint density at radius 3 is 2.14 bits per heavy atom. The molecule has 21 heavy (non-hydrogen) atoms. The standard InChI is InChI=1S/C18H14O3/c1-20-15-9-7-14(8-10-15)17-12-11-16(18(19)21-17)13-5-3-2-4-6-13/h2-12H,1H3. The van der Waals surface area contributed by atoms with E-state index in [4.69, 9.17) is 9.15 Å². The van der Waals surface area contributed by atoms with Gasteiger partial charge in [0.05, 0.1) is 12.7 Å². The minimum atomic E-state index is -0.338. The van der Waals surface area contributed by atoms with Crippen LogP contribution in [-0.4, -0.2) is 7.11 Å². The van der Waals surface area contributed by atoms with E-state index in [0.717, 1.165) is 16.9 Å². The first kappa shape index (κ1) is 13.2. The highest BCUT2D eigenvalue weighted by Gasteiger charge is 2.07. The van der Waals surface area contributed by atoms with Gasteiger partial charge in [-0.2, -0.15) is 0 Å². The summed E-state index contributed by atoms with van der Waals surface area (Å²) in [6.07, 6.45) is 0. The lowest BCUT2D eigenvalue weighted by Gasteiger charge is -2.04. The summed E-state index contributed by atoms with van der Waals surface area (Å²) in [5, 5.41) is 0. The summed E-state index contributed by atoms with van der Waals surface area (Å²) in [5.74, 6) is 1.31. The van der Waals surface area contributed by atoms with Gasteiger partial charge in [-0.05, 0) is 42.0 Å². The molecular weight excluding hydrogens is 264 g/mol. The molecule has 0 bridgehead atoms. The maximum absolute atomic E-state index is 12.1. The zero-order chi connectivity index (χ0) is 14.7. The van der Waals surface area contributed by atoms with Crippen molar-refractivity contribution in [3.05, 3.63) is 77.2 Å². The van der Waals surface area contributed by atoms with Crippen LogP contribution in [0.2, 0.25) is 0 Å². The molecule has 0 unspecified atom stereocenters. The normalized spacial score (nSPS) is 10.3. The Morgan fingerprint density at radius 1 is 0.810 bits per heavy atom. The van der Waals surface area contributed by atoms with E-state index in [1.807, 2.05) is 60.7 Å². The van der Waals surface area contributed by atoms with Crippen molar-refractivity contribution in [3.63, 3.8) is 0 Å². The van der Waals surface area contributed by atoms with Gasteiger partial charge in [-0.25, -0.2) is 4.79 Å². The first-order chi connectivity index (χ1) is 10.3. The summed E-state index contributed by atoms with van der Waals surface area (Å²) in [7, 11) is 1.61. The molecule has 104 valence electrons. The van der Waals surface area contributed by atoms with E-state index in [1.165, 1.54) is 0 Å². The smallest absolute Gasteiger partial charge is 0.344 e. The number of methoxy groups -OCH3 is 1. The Bertz CT molecular complexity index is 787. The summed E-state index contributed by atoms with van der Waals surface area (Å²) in [6, 6.07) is 20.5.